The predicted molar refractivity (Wildman–Crippen MR) is 72.0 cm³/mol. The minimum absolute atomic E-state index is 0.0275. The number of carbonyl (C=O) groups excluding carboxylic acids is 1. The second-order valence-corrected chi connectivity index (χ2v) is 4.62. The number of rotatable bonds is 6. The minimum Gasteiger partial charge on any atom is -0.383 e. The van der Waals surface area contributed by atoms with Crippen molar-refractivity contribution < 1.29 is 9.53 Å². The second-order valence-electron chi connectivity index (χ2n) is 4.23. The third-order valence-corrected chi connectivity index (χ3v) is 2.72. The fraction of sp³-hybridized carbons (Fsp3) is 0.538. The Hall–Kier alpha value is -1.13. The Morgan fingerprint density at radius 3 is 2.83 bits per heavy atom. The van der Waals surface area contributed by atoms with E-state index in [4.69, 9.17) is 16.3 Å². The number of hydrogen-bond donors (Lipinski definition) is 1. The van der Waals surface area contributed by atoms with Crippen LogP contribution in [0.25, 0.3) is 0 Å². The van der Waals surface area contributed by atoms with Crippen molar-refractivity contribution in [3.63, 3.8) is 0 Å². The van der Waals surface area contributed by atoms with Crippen LogP contribution in [0.1, 0.15) is 35.8 Å². The van der Waals surface area contributed by atoms with E-state index < -0.39 is 0 Å². The van der Waals surface area contributed by atoms with Crippen molar-refractivity contribution in [3.05, 3.63) is 28.5 Å². The highest BCUT2D eigenvalue weighted by Crippen LogP contribution is 2.11. The van der Waals surface area contributed by atoms with Crippen LogP contribution in [0.3, 0.4) is 0 Å². The number of methoxy groups -OCH3 is 1. The van der Waals surface area contributed by atoms with Crippen LogP contribution < -0.4 is 5.32 Å². The summed E-state index contributed by atoms with van der Waals surface area (Å²) in [6.45, 7) is 4.39. The van der Waals surface area contributed by atoms with E-state index in [0.29, 0.717) is 17.3 Å². The standard InChI is InChI=1S/C13H19ClN2O2/c1-4-5-11(8-18-3)16-13(17)10-6-9(2)15-12(14)7-10/h6-7,11H,4-5,8H2,1-3H3,(H,16,17). The summed E-state index contributed by atoms with van der Waals surface area (Å²) in [6, 6.07) is 3.32. The van der Waals surface area contributed by atoms with Crippen molar-refractivity contribution in [2.75, 3.05) is 13.7 Å². The maximum absolute atomic E-state index is 12.1. The van der Waals surface area contributed by atoms with Crippen LogP contribution in [-0.4, -0.2) is 30.6 Å². The van der Waals surface area contributed by atoms with E-state index in [1.165, 1.54) is 0 Å². The Morgan fingerprint density at radius 1 is 1.56 bits per heavy atom. The van der Waals surface area contributed by atoms with Crippen molar-refractivity contribution in [1.29, 1.82) is 0 Å². The second kappa shape index (κ2) is 7.34. The van der Waals surface area contributed by atoms with Crippen molar-refractivity contribution >= 4 is 17.5 Å². The molecule has 1 N–H and O–H groups in total. The summed E-state index contributed by atoms with van der Waals surface area (Å²) in [5.41, 5.74) is 1.26. The molecule has 0 fully saturated rings. The lowest BCUT2D eigenvalue weighted by atomic mass is 10.1. The van der Waals surface area contributed by atoms with E-state index in [9.17, 15) is 4.79 Å². The Kier molecular flexibility index (Phi) is 6.09. The fourth-order valence-electron chi connectivity index (χ4n) is 1.77. The molecule has 100 valence electrons. The van der Waals surface area contributed by atoms with Crippen LogP contribution in [0.15, 0.2) is 12.1 Å². The van der Waals surface area contributed by atoms with Gasteiger partial charge in [0.05, 0.1) is 12.6 Å². The van der Waals surface area contributed by atoms with Crippen molar-refractivity contribution in [3.8, 4) is 0 Å². The van der Waals surface area contributed by atoms with Gasteiger partial charge in [-0.05, 0) is 25.5 Å². The number of pyridine rings is 1. The highest BCUT2D eigenvalue weighted by molar-refractivity contribution is 6.29. The summed E-state index contributed by atoms with van der Waals surface area (Å²) in [4.78, 5) is 16.1. The van der Waals surface area contributed by atoms with Gasteiger partial charge in [-0.2, -0.15) is 0 Å². The lowest BCUT2D eigenvalue weighted by Crippen LogP contribution is -2.38. The van der Waals surface area contributed by atoms with Gasteiger partial charge in [0.1, 0.15) is 5.15 Å². The van der Waals surface area contributed by atoms with Gasteiger partial charge in [0.15, 0.2) is 0 Å². The average molecular weight is 271 g/mol. The van der Waals surface area contributed by atoms with E-state index in [1.807, 2.05) is 0 Å². The lowest BCUT2D eigenvalue weighted by Gasteiger charge is -2.17. The quantitative estimate of drug-likeness (QED) is 0.809. The Labute approximate surface area is 113 Å². The summed E-state index contributed by atoms with van der Waals surface area (Å²) in [7, 11) is 1.63. The summed E-state index contributed by atoms with van der Waals surface area (Å²) >= 11 is 5.84. The molecule has 1 atom stereocenters. The third-order valence-electron chi connectivity index (χ3n) is 2.52. The van der Waals surface area contributed by atoms with E-state index >= 15 is 0 Å². The first-order valence-electron chi connectivity index (χ1n) is 6.00. The molecule has 0 saturated heterocycles. The summed E-state index contributed by atoms with van der Waals surface area (Å²) < 4.78 is 5.09. The van der Waals surface area contributed by atoms with E-state index in [1.54, 1.807) is 26.2 Å². The molecule has 0 spiro atoms. The van der Waals surface area contributed by atoms with Gasteiger partial charge in [0.2, 0.25) is 0 Å². The third kappa shape index (κ3) is 4.63. The zero-order valence-electron chi connectivity index (χ0n) is 11.0. The molecule has 1 aromatic rings. The van der Waals surface area contributed by atoms with Gasteiger partial charge in [0, 0.05) is 18.4 Å². The molecule has 1 rings (SSSR count). The van der Waals surface area contributed by atoms with Gasteiger partial charge < -0.3 is 10.1 Å². The van der Waals surface area contributed by atoms with Gasteiger partial charge in [-0.3, -0.25) is 4.79 Å². The molecule has 18 heavy (non-hydrogen) atoms. The molecule has 0 aliphatic heterocycles. The molecule has 0 bridgehead atoms. The van der Waals surface area contributed by atoms with Gasteiger partial charge in [-0.25, -0.2) is 4.98 Å². The fourth-order valence-corrected chi connectivity index (χ4v) is 2.03. The summed E-state index contributed by atoms with van der Waals surface area (Å²) in [5.74, 6) is -0.141. The molecule has 5 heteroatoms. The number of amides is 1. The van der Waals surface area contributed by atoms with Crippen molar-refractivity contribution in [2.45, 2.75) is 32.7 Å². The van der Waals surface area contributed by atoms with E-state index in [-0.39, 0.29) is 11.9 Å². The van der Waals surface area contributed by atoms with Gasteiger partial charge in [-0.15, -0.1) is 0 Å². The molecule has 4 nitrogen and oxygen atoms in total. The number of carbonyl (C=O) groups is 1. The van der Waals surface area contributed by atoms with Crippen molar-refractivity contribution in [1.82, 2.24) is 10.3 Å². The van der Waals surface area contributed by atoms with Crippen LogP contribution in [-0.2, 0) is 4.74 Å². The zero-order valence-corrected chi connectivity index (χ0v) is 11.8. The minimum atomic E-state index is -0.141. The Morgan fingerprint density at radius 2 is 2.28 bits per heavy atom. The molecular weight excluding hydrogens is 252 g/mol. The molecule has 0 aromatic carbocycles. The highest BCUT2D eigenvalue weighted by Gasteiger charge is 2.14. The number of ether oxygens (including phenoxy) is 1. The maximum atomic E-state index is 12.1. The number of halogens is 1. The van der Waals surface area contributed by atoms with Crippen LogP contribution in [0.4, 0.5) is 0 Å². The number of nitrogens with zero attached hydrogens (tertiary/aromatic N) is 1. The monoisotopic (exact) mass is 270 g/mol. The first kappa shape index (κ1) is 14.9. The zero-order chi connectivity index (χ0) is 13.5. The first-order valence-corrected chi connectivity index (χ1v) is 6.38. The van der Waals surface area contributed by atoms with Crippen LogP contribution in [0.5, 0.6) is 0 Å². The molecule has 1 unspecified atom stereocenters. The largest absolute Gasteiger partial charge is 0.383 e. The molecule has 1 aromatic heterocycles. The van der Waals surface area contributed by atoms with Gasteiger partial charge in [-0.1, -0.05) is 24.9 Å². The smallest absolute Gasteiger partial charge is 0.251 e. The lowest BCUT2D eigenvalue weighted by molar-refractivity contribution is 0.0891. The van der Waals surface area contributed by atoms with Gasteiger partial charge >= 0.3 is 0 Å². The van der Waals surface area contributed by atoms with Crippen LogP contribution in [0, 0.1) is 6.92 Å². The number of aromatic nitrogens is 1. The molecule has 0 saturated carbocycles. The van der Waals surface area contributed by atoms with E-state index in [0.717, 1.165) is 18.5 Å². The maximum Gasteiger partial charge on any atom is 0.251 e. The molecule has 0 aliphatic carbocycles. The average Bonchev–Trinajstić information content (AvgIpc) is 2.28. The van der Waals surface area contributed by atoms with Gasteiger partial charge in [0.25, 0.3) is 5.91 Å². The Balaban J connectivity index is 2.73. The first-order chi connectivity index (χ1) is 8.56. The number of nitrogens with one attached hydrogen (secondary N) is 1. The number of aryl methyl sites for hydroxylation is 1. The van der Waals surface area contributed by atoms with E-state index in [2.05, 4.69) is 17.2 Å². The van der Waals surface area contributed by atoms with Crippen LogP contribution in [0.2, 0.25) is 5.15 Å². The van der Waals surface area contributed by atoms with Crippen LogP contribution >= 0.6 is 11.6 Å². The molecule has 1 heterocycles. The highest BCUT2D eigenvalue weighted by atomic mass is 35.5. The van der Waals surface area contributed by atoms with Crippen molar-refractivity contribution in [2.24, 2.45) is 0 Å². The summed E-state index contributed by atoms with van der Waals surface area (Å²) in [6.07, 6.45) is 1.88. The normalized spacial score (nSPS) is 12.2. The predicted octanol–water partition coefficient (Wildman–Crippen LogP) is 2.59. The molecule has 0 radical (unpaired) electrons. The SMILES string of the molecule is CCCC(COC)NC(=O)c1cc(C)nc(Cl)c1. The molecule has 0 aliphatic rings. The summed E-state index contributed by atoms with van der Waals surface area (Å²) in [5, 5.41) is 3.27. The topological polar surface area (TPSA) is 51.2 Å². The Bertz CT molecular complexity index is 384. The number of hydrogen-bond acceptors (Lipinski definition) is 3. The molecule has 1 amide bonds. The molecular formula is C13H19ClN2O2.